The molecule has 4 nitrogen and oxygen atoms in total. The third-order valence-corrected chi connectivity index (χ3v) is 2.22. The summed E-state index contributed by atoms with van der Waals surface area (Å²) in [6.45, 7) is 3.62. The quantitative estimate of drug-likeness (QED) is 0.450. The van der Waals surface area contributed by atoms with Gasteiger partial charge in [0.15, 0.2) is 5.78 Å². The van der Waals surface area contributed by atoms with Gasteiger partial charge < -0.3 is 4.74 Å². The van der Waals surface area contributed by atoms with Gasteiger partial charge in [-0.1, -0.05) is 23.8 Å². The number of Topliss-reactive ketones (excluding diaryl/α,β-unsaturated/α-hetero) is 1. The highest BCUT2D eigenvalue weighted by atomic mass is 16.5. The van der Waals surface area contributed by atoms with Crippen molar-refractivity contribution in [3.05, 3.63) is 35.4 Å². The Morgan fingerprint density at radius 2 is 2.18 bits per heavy atom. The monoisotopic (exact) mass is 231 g/mol. The topological polar surface area (TPSA) is 67.2 Å². The minimum absolute atomic E-state index is 0.151. The molecule has 88 valence electrons. The number of carbonyl (C=O) groups is 2. The van der Waals surface area contributed by atoms with Crippen molar-refractivity contribution in [1.82, 2.24) is 0 Å². The number of ketones is 1. The smallest absolute Gasteiger partial charge is 0.331 e. The number of rotatable bonds is 4. The number of aryl methyl sites for hydroxylation is 1. The molecule has 0 amide bonds. The van der Waals surface area contributed by atoms with Crippen LogP contribution in [0.2, 0.25) is 0 Å². The summed E-state index contributed by atoms with van der Waals surface area (Å²) < 4.78 is 4.69. The number of nitrogens with zero attached hydrogens (tertiary/aromatic N) is 1. The fourth-order valence-electron chi connectivity index (χ4n) is 1.41. The van der Waals surface area contributed by atoms with Gasteiger partial charge in [-0.15, -0.1) is 0 Å². The average Bonchev–Trinajstić information content (AvgIpc) is 2.30. The molecule has 0 bridgehead atoms. The Morgan fingerprint density at radius 3 is 2.71 bits per heavy atom. The summed E-state index contributed by atoms with van der Waals surface area (Å²) in [6, 6.07) is 8.45. The van der Waals surface area contributed by atoms with Crippen LogP contribution in [0.3, 0.4) is 0 Å². The van der Waals surface area contributed by atoms with Crippen LogP contribution in [0.4, 0.5) is 0 Å². The number of hydrogen-bond acceptors (Lipinski definition) is 4. The van der Waals surface area contributed by atoms with Gasteiger partial charge in [0.1, 0.15) is 0 Å². The fraction of sp³-hybridized carbons (Fsp3) is 0.308. The molecule has 1 rings (SSSR count). The van der Waals surface area contributed by atoms with Crippen LogP contribution in [-0.4, -0.2) is 18.4 Å². The third-order valence-electron chi connectivity index (χ3n) is 2.22. The fourth-order valence-corrected chi connectivity index (χ4v) is 1.41. The van der Waals surface area contributed by atoms with Crippen molar-refractivity contribution in [3.8, 4) is 6.07 Å². The number of carbonyl (C=O) groups excluding carboxylic acids is 2. The molecule has 0 radical (unpaired) electrons. The van der Waals surface area contributed by atoms with Gasteiger partial charge in [0.2, 0.25) is 5.92 Å². The van der Waals surface area contributed by atoms with Gasteiger partial charge in [0.25, 0.3) is 0 Å². The molecule has 1 atom stereocenters. The first kappa shape index (κ1) is 12.9. The summed E-state index contributed by atoms with van der Waals surface area (Å²) >= 11 is 0. The minimum atomic E-state index is -1.38. The minimum Gasteiger partial charge on any atom is -0.465 e. The molecule has 0 fully saturated rings. The zero-order valence-electron chi connectivity index (χ0n) is 9.77. The first-order valence-electron chi connectivity index (χ1n) is 5.27. The molecule has 0 unspecified atom stereocenters. The molecule has 0 aliphatic rings. The maximum Gasteiger partial charge on any atom is 0.331 e. The van der Waals surface area contributed by atoms with Gasteiger partial charge in [-0.25, -0.2) is 0 Å². The van der Waals surface area contributed by atoms with Gasteiger partial charge in [0, 0.05) is 5.56 Å². The Labute approximate surface area is 99.8 Å². The predicted octanol–water partition coefficient (Wildman–Crippen LogP) is 1.88. The summed E-state index contributed by atoms with van der Waals surface area (Å²) in [5.41, 5.74) is 1.25. The lowest BCUT2D eigenvalue weighted by molar-refractivity contribution is -0.144. The molecule has 0 spiro atoms. The second-order valence-electron chi connectivity index (χ2n) is 3.55. The van der Waals surface area contributed by atoms with Crippen molar-refractivity contribution >= 4 is 11.8 Å². The van der Waals surface area contributed by atoms with E-state index in [0.717, 1.165) is 5.56 Å². The van der Waals surface area contributed by atoms with Crippen LogP contribution in [0, 0.1) is 24.2 Å². The molecule has 1 aromatic rings. The van der Waals surface area contributed by atoms with E-state index in [1.54, 1.807) is 31.2 Å². The second-order valence-corrected chi connectivity index (χ2v) is 3.55. The maximum atomic E-state index is 11.9. The van der Waals surface area contributed by atoms with Crippen LogP contribution < -0.4 is 0 Å². The van der Waals surface area contributed by atoms with E-state index in [0.29, 0.717) is 5.56 Å². The first-order chi connectivity index (χ1) is 8.10. The maximum absolute atomic E-state index is 11.9. The van der Waals surface area contributed by atoms with Crippen molar-refractivity contribution in [2.75, 3.05) is 6.61 Å². The zero-order valence-corrected chi connectivity index (χ0v) is 9.77. The van der Waals surface area contributed by atoms with Crippen LogP contribution in [-0.2, 0) is 9.53 Å². The van der Waals surface area contributed by atoms with Crippen molar-refractivity contribution in [3.63, 3.8) is 0 Å². The number of ether oxygens (including phenoxy) is 1. The van der Waals surface area contributed by atoms with Gasteiger partial charge in [-0.05, 0) is 19.9 Å². The molecular weight excluding hydrogens is 218 g/mol. The van der Waals surface area contributed by atoms with E-state index in [-0.39, 0.29) is 6.61 Å². The van der Waals surface area contributed by atoms with Crippen LogP contribution in [0.15, 0.2) is 24.3 Å². The van der Waals surface area contributed by atoms with E-state index in [1.165, 1.54) is 0 Å². The average molecular weight is 231 g/mol. The standard InChI is InChI=1S/C13H13NO3/c1-3-17-13(16)11(8-14)12(15)10-6-4-5-9(2)7-10/h4-7,11H,3H2,1-2H3/t11-/m0/s1. The van der Waals surface area contributed by atoms with Crippen molar-refractivity contribution in [2.45, 2.75) is 13.8 Å². The molecule has 0 saturated carbocycles. The molecule has 17 heavy (non-hydrogen) atoms. The highest BCUT2D eigenvalue weighted by Crippen LogP contribution is 2.12. The molecule has 0 aliphatic carbocycles. The van der Waals surface area contributed by atoms with E-state index in [1.807, 2.05) is 13.0 Å². The summed E-state index contributed by atoms with van der Waals surface area (Å²) in [7, 11) is 0. The SMILES string of the molecule is CCOC(=O)[C@@H](C#N)C(=O)c1cccc(C)c1. The van der Waals surface area contributed by atoms with E-state index in [2.05, 4.69) is 4.74 Å². The number of nitriles is 1. The number of hydrogen-bond donors (Lipinski definition) is 0. The van der Waals surface area contributed by atoms with Gasteiger partial charge in [-0.2, -0.15) is 5.26 Å². The molecule has 0 aromatic heterocycles. The Bertz CT molecular complexity index is 474. The van der Waals surface area contributed by atoms with E-state index in [9.17, 15) is 9.59 Å². The highest BCUT2D eigenvalue weighted by molar-refractivity contribution is 6.10. The van der Waals surface area contributed by atoms with Gasteiger partial charge in [-0.3, -0.25) is 9.59 Å². The van der Waals surface area contributed by atoms with Crippen molar-refractivity contribution < 1.29 is 14.3 Å². The van der Waals surface area contributed by atoms with Crippen molar-refractivity contribution in [1.29, 1.82) is 5.26 Å². The third kappa shape index (κ3) is 3.15. The molecule has 0 N–H and O–H groups in total. The van der Waals surface area contributed by atoms with Gasteiger partial charge in [0.05, 0.1) is 12.7 Å². The number of benzene rings is 1. The Morgan fingerprint density at radius 1 is 1.47 bits per heavy atom. The van der Waals surface area contributed by atoms with Crippen LogP contribution in [0.5, 0.6) is 0 Å². The zero-order chi connectivity index (χ0) is 12.8. The summed E-state index contributed by atoms with van der Waals surface area (Å²) in [6.07, 6.45) is 0. The molecule has 4 heteroatoms. The van der Waals surface area contributed by atoms with Crippen LogP contribution in [0.25, 0.3) is 0 Å². The largest absolute Gasteiger partial charge is 0.465 e. The normalized spacial score (nSPS) is 11.4. The van der Waals surface area contributed by atoms with E-state index < -0.39 is 17.7 Å². The molecule has 0 saturated heterocycles. The molecule has 0 heterocycles. The highest BCUT2D eigenvalue weighted by Gasteiger charge is 2.28. The molecule has 1 aromatic carbocycles. The first-order valence-corrected chi connectivity index (χ1v) is 5.27. The Hall–Kier alpha value is -2.15. The lowest BCUT2D eigenvalue weighted by Crippen LogP contribution is -2.25. The lowest BCUT2D eigenvalue weighted by atomic mass is 9.98. The number of esters is 1. The van der Waals surface area contributed by atoms with Crippen molar-refractivity contribution in [2.24, 2.45) is 5.92 Å². The van der Waals surface area contributed by atoms with Gasteiger partial charge >= 0.3 is 5.97 Å². The Kier molecular flexibility index (Phi) is 4.41. The molecular formula is C13H13NO3. The van der Waals surface area contributed by atoms with E-state index >= 15 is 0 Å². The van der Waals surface area contributed by atoms with E-state index in [4.69, 9.17) is 5.26 Å². The lowest BCUT2D eigenvalue weighted by Gasteiger charge is -2.07. The predicted molar refractivity (Wildman–Crippen MR) is 61.2 cm³/mol. The molecule has 0 aliphatic heterocycles. The summed E-state index contributed by atoms with van der Waals surface area (Å²) in [5.74, 6) is -2.69. The summed E-state index contributed by atoms with van der Waals surface area (Å²) in [5, 5.41) is 8.85. The Balaban J connectivity index is 2.95. The second kappa shape index (κ2) is 5.80. The summed E-state index contributed by atoms with van der Waals surface area (Å²) in [4.78, 5) is 23.3. The van der Waals surface area contributed by atoms with Crippen LogP contribution >= 0.6 is 0 Å². The van der Waals surface area contributed by atoms with Crippen LogP contribution in [0.1, 0.15) is 22.8 Å².